The maximum absolute atomic E-state index is 6.38. The van der Waals surface area contributed by atoms with Gasteiger partial charge in [-0.3, -0.25) is 9.88 Å². The van der Waals surface area contributed by atoms with Crippen molar-refractivity contribution < 1.29 is 18.9 Å². The maximum Gasteiger partial charge on any atom is 0.203 e. The fourth-order valence-corrected chi connectivity index (χ4v) is 3.71. The Morgan fingerprint density at radius 1 is 1.10 bits per heavy atom. The van der Waals surface area contributed by atoms with Gasteiger partial charge in [-0.2, -0.15) is 0 Å². The summed E-state index contributed by atoms with van der Waals surface area (Å²) in [5.41, 5.74) is 2.26. The summed E-state index contributed by atoms with van der Waals surface area (Å²) in [4.78, 5) is 11.2. The van der Waals surface area contributed by atoms with Gasteiger partial charge in [0.2, 0.25) is 5.75 Å². The molecule has 0 radical (unpaired) electrons. The lowest BCUT2D eigenvalue weighted by molar-refractivity contribution is 0.0319. The van der Waals surface area contributed by atoms with Crippen molar-refractivity contribution in [2.24, 2.45) is 0 Å². The van der Waals surface area contributed by atoms with Crippen LogP contribution in [0.25, 0.3) is 22.2 Å². The number of halogens is 1. The molecule has 0 atom stereocenters. The highest BCUT2D eigenvalue weighted by Gasteiger charge is 2.18. The first-order valence-corrected chi connectivity index (χ1v) is 10.2. The second kappa shape index (κ2) is 9.47. The number of fused-ring (bicyclic) bond motifs is 1. The summed E-state index contributed by atoms with van der Waals surface area (Å²) in [5.74, 6) is 1.72. The third-order valence-corrected chi connectivity index (χ3v) is 5.35. The molecule has 0 amide bonds. The zero-order valence-electron chi connectivity index (χ0n) is 17.1. The highest BCUT2D eigenvalue weighted by molar-refractivity contribution is 6.34. The molecule has 2 aromatic heterocycles. The molecule has 1 aromatic carbocycles. The first-order chi connectivity index (χ1) is 14.7. The number of nitrogens with zero attached hydrogens (tertiary/aromatic N) is 3. The summed E-state index contributed by atoms with van der Waals surface area (Å²) in [6.07, 6.45) is 1.73. The normalized spacial score (nSPS) is 14.6. The lowest BCUT2D eigenvalue weighted by Gasteiger charge is -2.26. The van der Waals surface area contributed by atoms with Crippen LogP contribution >= 0.6 is 11.6 Å². The number of methoxy groups -OCH3 is 2. The molecule has 1 fully saturated rings. The van der Waals surface area contributed by atoms with E-state index in [1.165, 1.54) is 0 Å². The van der Waals surface area contributed by atoms with E-state index in [4.69, 9.17) is 30.5 Å². The van der Waals surface area contributed by atoms with Crippen LogP contribution in [0.1, 0.15) is 0 Å². The van der Waals surface area contributed by atoms with Crippen LogP contribution in [-0.2, 0) is 4.74 Å². The van der Waals surface area contributed by atoms with Gasteiger partial charge in [-0.15, -0.1) is 0 Å². The van der Waals surface area contributed by atoms with Gasteiger partial charge < -0.3 is 18.9 Å². The van der Waals surface area contributed by atoms with Crippen molar-refractivity contribution in [2.45, 2.75) is 0 Å². The predicted octanol–water partition coefficient (Wildman–Crippen LogP) is 3.68. The monoisotopic (exact) mass is 429 g/mol. The third-order valence-electron chi connectivity index (χ3n) is 5.07. The van der Waals surface area contributed by atoms with Crippen molar-refractivity contribution in [1.29, 1.82) is 0 Å². The third kappa shape index (κ3) is 4.43. The molecule has 7 nitrogen and oxygen atoms in total. The average Bonchev–Trinajstić information content (AvgIpc) is 2.79. The summed E-state index contributed by atoms with van der Waals surface area (Å²) < 4.78 is 22.6. The molecule has 4 rings (SSSR count). The molecule has 0 saturated carbocycles. The molecular weight excluding hydrogens is 406 g/mol. The molecule has 1 aliphatic heterocycles. The number of aromatic nitrogens is 2. The van der Waals surface area contributed by atoms with Gasteiger partial charge in [0.25, 0.3) is 0 Å². The standard InChI is InChI=1S/C22H24ClN3O4/c1-27-19-12-15(17-14-18-16(22(23)25-17)4-3-5-24-18)13-20(28-2)21(19)30-11-8-26-6-9-29-10-7-26/h3-5,12-14H,6-11H2,1-2H3. The number of morpholine rings is 1. The summed E-state index contributed by atoms with van der Waals surface area (Å²) in [6, 6.07) is 9.38. The first kappa shape index (κ1) is 20.7. The van der Waals surface area contributed by atoms with Crippen LogP contribution in [-0.4, -0.2) is 68.5 Å². The van der Waals surface area contributed by atoms with E-state index in [2.05, 4.69) is 14.9 Å². The summed E-state index contributed by atoms with van der Waals surface area (Å²) in [7, 11) is 3.21. The van der Waals surface area contributed by atoms with Crippen LogP contribution in [0.3, 0.4) is 0 Å². The first-order valence-electron chi connectivity index (χ1n) is 9.80. The molecule has 0 spiro atoms. The highest BCUT2D eigenvalue weighted by Crippen LogP contribution is 2.41. The number of benzene rings is 1. The lowest BCUT2D eigenvalue weighted by Crippen LogP contribution is -2.38. The zero-order valence-corrected chi connectivity index (χ0v) is 17.8. The van der Waals surface area contributed by atoms with Crippen molar-refractivity contribution in [3.63, 3.8) is 0 Å². The Hall–Kier alpha value is -2.61. The largest absolute Gasteiger partial charge is 0.493 e. The molecule has 158 valence electrons. The van der Waals surface area contributed by atoms with Crippen molar-refractivity contribution in [2.75, 3.05) is 53.7 Å². The van der Waals surface area contributed by atoms with E-state index in [0.717, 1.165) is 49.3 Å². The van der Waals surface area contributed by atoms with Gasteiger partial charge >= 0.3 is 0 Å². The molecular formula is C22H24ClN3O4. The summed E-state index contributed by atoms with van der Waals surface area (Å²) in [6.45, 7) is 4.69. The summed E-state index contributed by atoms with van der Waals surface area (Å²) >= 11 is 6.38. The Morgan fingerprint density at radius 3 is 2.53 bits per heavy atom. The van der Waals surface area contributed by atoms with E-state index in [-0.39, 0.29) is 0 Å². The van der Waals surface area contributed by atoms with Crippen molar-refractivity contribution in [3.05, 3.63) is 41.7 Å². The average molecular weight is 430 g/mol. The van der Waals surface area contributed by atoms with Crippen molar-refractivity contribution >= 4 is 22.5 Å². The Labute approximate surface area is 180 Å². The molecule has 0 N–H and O–H groups in total. The second-order valence-electron chi connectivity index (χ2n) is 6.88. The minimum atomic E-state index is 0.402. The van der Waals surface area contributed by atoms with Gasteiger partial charge in [-0.05, 0) is 30.3 Å². The predicted molar refractivity (Wildman–Crippen MR) is 116 cm³/mol. The van der Waals surface area contributed by atoms with E-state index in [1.807, 2.05) is 30.3 Å². The fourth-order valence-electron chi connectivity index (χ4n) is 3.45. The fraction of sp³-hybridized carbons (Fsp3) is 0.364. The van der Waals surface area contributed by atoms with Crippen LogP contribution in [0, 0.1) is 0 Å². The van der Waals surface area contributed by atoms with Gasteiger partial charge in [-0.1, -0.05) is 11.6 Å². The number of pyridine rings is 2. The second-order valence-corrected chi connectivity index (χ2v) is 7.24. The maximum atomic E-state index is 6.38. The number of ether oxygens (including phenoxy) is 4. The van der Waals surface area contributed by atoms with Gasteiger partial charge in [-0.25, -0.2) is 4.98 Å². The Kier molecular flexibility index (Phi) is 6.52. The van der Waals surface area contributed by atoms with Gasteiger partial charge in [0.05, 0.1) is 38.6 Å². The molecule has 30 heavy (non-hydrogen) atoms. The Bertz CT molecular complexity index is 999. The van der Waals surface area contributed by atoms with Crippen LogP contribution < -0.4 is 14.2 Å². The van der Waals surface area contributed by atoms with Gasteiger partial charge in [0.1, 0.15) is 11.8 Å². The van der Waals surface area contributed by atoms with Crippen LogP contribution in [0.4, 0.5) is 0 Å². The van der Waals surface area contributed by atoms with E-state index in [0.29, 0.717) is 34.7 Å². The van der Waals surface area contributed by atoms with Crippen molar-refractivity contribution in [1.82, 2.24) is 14.9 Å². The topological polar surface area (TPSA) is 65.9 Å². The molecule has 3 aromatic rings. The van der Waals surface area contributed by atoms with E-state index in [9.17, 15) is 0 Å². The van der Waals surface area contributed by atoms with E-state index >= 15 is 0 Å². The van der Waals surface area contributed by atoms with Gasteiger partial charge in [0.15, 0.2) is 11.5 Å². The molecule has 8 heteroatoms. The highest BCUT2D eigenvalue weighted by atomic mass is 35.5. The summed E-state index contributed by atoms with van der Waals surface area (Å²) in [5, 5.41) is 1.21. The molecule has 0 unspecified atom stereocenters. The van der Waals surface area contributed by atoms with Crippen LogP contribution in [0.15, 0.2) is 36.5 Å². The van der Waals surface area contributed by atoms with Gasteiger partial charge in [0, 0.05) is 36.8 Å². The number of rotatable bonds is 7. The lowest BCUT2D eigenvalue weighted by atomic mass is 10.1. The number of hydrogen-bond donors (Lipinski definition) is 0. The smallest absolute Gasteiger partial charge is 0.203 e. The van der Waals surface area contributed by atoms with E-state index in [1.54, 1.807) is 20.4 Å². The van der Waals surface area contributed by atoms with Crippen LogP contribution in [0.2, 0.25) is 5.15 Å². The van der Waals surface area contributed by atoms with Crippen molar-refractivity contribution in [3.8, 4) is 28.5 Å². The molecule has 0 aliphatic carbocycles. The minimum Gasteiger partial charge on any atom is -0.493 e. The molecule has 0 bridgehead atoms. The molecule has 1 saturated heterocycles. The molecule has 3 heterocycles. The van der Waals surface area contributed by atoms with E-state index < -0.39 is 0 Å². The SMILES string of the molecule is COc1cc(-c2cc3ncccc3c(Cl)n2)cc(OC)c1OCCN1CCOCC1. The minimum absolute atomic E-state index is 0.402. The Balaban J connectivity index is 1.61. The Morgan fingerprint density at radius 2 is 1.83 bits per heavy atom. The molecule has 1 aliphatic rings. The zero-order chi connectivity index (χ0) is 20.9. The quantitative estimate of drug-likeness (QED) is 0.531. The van der Waals surface area contributed by atoms with Crippen LogP contribution in [0.5, 0.6) is 17.2 Å². The number of hydrogen-bond acceptors (Lipinski definition) is 7.